The number of nitrogens with two attached hydrogens (primary N) is 1. The van der Waals surface area contributed by atoms with E-state index in [1.165, 1.54) is 11.3 Å². The molecule has 3 rings (SSSR count). The van der Waals surface area contributed by atoms with Crippen molar-refractivity contribution in [1.29, 1.82) is 0 Å². The molecule has 4 heteroatoms. The van der Waals surface area contributed by atoms with Crippen LogP contribution in [-0.2, 0) is 0 Å². The highest BCUT2D eigenvalue weighted by Gasteiger charge is 2.12. The number of hydrogen-bond acceptors (Lipinski definition) is 3. The summed E-state index contributed by atoms with van der Waals surface area (Å²) >= 11 is 1.48. The van der Waals surface area contributed by atoms with Crippen LogP contribution in [0.25, 0.3) is 10.1 Å². The molecule has 0 bridgehead atoms. The second kappa shape index (κ2) is 5.22. The van der Waals surface area contributed by atoms with Gasteiger partial charge in [0.1, 0.15) is 0 Å². The zero-order valence-corrected chi connectivity index (χ0v) is 12.8. The van der Waals surface area contributed by atoms with Crippen molar-refractivity contribution in [2.75, 3.05) is 11.1 Å². The lowest BCUT2D eigenvalue weighted by molar-refractivity contribution is 0.103. The lowest BCUT2D eigenvalue weighted by Gasteiger charge is -2.10. The van der Waals surface area contributed by atoms with Gasteiger partial charge in [-0.05, 0) is 54.6 Å². The maximum Gasteiger partial charge on any atom is 0.265 e. The Hall–Kier alpha value is -2.33. The third-order valence-corrected chi connectivity index (χ3v) is 4.60. The molecule has 0 aliphatic heterocycles. The quantitative estimate of drug-likeness (QED) is 0.691. The van der Waals surface area contributed by atoms with E-state index in [9.17, 15) is 4.79 Å². The number of nitrogens with one attached hydrogen (secondary N) is 1. The molecule has 1 amide bonds. The fraction of sp³-hybridized carbons (Fsp3) is 0.118. The van der Waals surface area contributed by atoms with Crippen molar-refractivity contribution < 1.29 is 4.79 Å². The number of thiophene rings is 1. The Balaban J connectivity index is 1.94. The molecule has 0 saturated heterocycles. The van der Waals surface area contributed by atoms with Crippen LogP contribution in [0, 0.1) is 13.8 Å². The van der Waals surface area contributed by atoms with E-state index < -0.39 is 0 Å². The summed E-state index contributed by atoms with van der Waals surface area (Å²) in [6.45, 7) is 3.99. The summed E-state index contributed by atoms with van der Waals surface area (Å²) in [4.78, 5) is 13.1. The summed E-state index contributed by atoms with van der Waals surface area (Å²) in [6, 6.07) is 13.6. The van der Waals surface area contributed by atoms with Crippen molar-refractivity contribution in [3.8, 4) is 0 Å². The number of amides is 1. The van der Waals surface area contributed by atoms with E-state index in [4.69, 9.17) is 5.73 Å². The summed E-state index contributed by atoms with van der Waals surface area (Å²) in [5.74, 6) is -0.0767. The third kappa shape index (κ3) is 2.62. The molecule has 2 aromatic carbocycles. The molecular weight excluding hydrogens is 280 g/mol. The van der Waals surface area contributed by atoms with Crippen molar-refractivity contribution in [3.05, 3.63) is 58.5 Å². The minimum absolute atomic E-state index is 0.0767. The normalized spacial score (nSPS) is 10.8. The number of rotatable bonds is 2. The van der Waals surface area contributed by atoms with Crippen molar-refractivity contribution in [3.63, 3.8) is 0 Å². The van der Waals surface area contributed by atoms with Crippen LogP contribution in [0.5, 0.6) is 0 Å². The van der Waals surface area contributed by atoms with Gasteiger partial charge in [0, 0.05) is 16.1 Å². The molecule has 3 nitrogen and oxygen atoms in total. The number of aryl methyl sites for hydroxylation is 2. The van der Waals surface area contributed by atoms with Crippen LogP contribution in [0.1, 0.15) is 20.8 Å². The maximum absolute atomic E-state index is 12.4. The number of anilines is 2. The molecule has 21 heavy (non-hydrogen) atoms. The highest BCUT2D eigenvalue weighted by atomic mass is 32.1. The average molecular weight is 296 g/mol. The second-order valence-corrected chi connectivity index (χ2v) is 6.21. The molecule has 0 aliphatic rings. The first-order valence-electron chi connectivity index (χ1n) is 6.71. The fourth-order valence-corrected chi connectivity index (χ4v) is 3.30. The molecule has 1 aromatic heterocycles. The van der Waals surface area contributed by atoms with E-state index >= 15 is 0 Å². The van der Waals surface area contributed by atoms with E-state index in [1.807, 2.05) is 56.3 Å². The van der Waals surface area contributed by atoms with Crippen molar-refractivity contribution in [1.82, 2.24) is 0 Å². The summed E-state index contributed by atoms with van der Waals surface area (Å²) in [5.41, 5.74) is 9.50. The minimum Gasteiger partial charge on any atom is -0.399 e. The summed E-state index contributed by atoms with van der Waals surface area (Å²) < 4.78 is 1.07. The van der Waals surface area contributed by atoms with Crippen molar-refractivity contribution in [2.24, 2.45) is 0 Å². The first kappa shape index (κ1) is 13.6. The van der Waals surface area contributed by atoms with Gasteiger partial charge in [-0.3, -0.25) is 4.79 Å². The summed E-state index contributed by atoms with van der Waals surface area (Å²) in [6.07, 6.45) is 0. The largest absolute Gasteiger partial charge is 0.399 e. The number of nitrogen functional groups attached to an aromatic ring is 1. The maximum atomic E-state index is 12.4. The van der Waals surface area contributed by atoms with Crippen LogP contribution in [0.3, 0.4) is 0 Å². The number of fused-ring (bicyclic) bond motifs is 1. The Morgan fingerprint density at radius 2 is 1.81 bits per heavy atom. The lowest BCUT2D eigenvalue weighted by atomic mass is 10.1. The molecule has 3 aromatic rings. The number of benzene rings is 2. The standard InChI is InChI=1S/C17H16N2OS/c1-10-4-3-5-11(2)16(10)19-17(20)15-9-12-8-13(18)6-7-14(12)21-15/h3-9H,18H2,1-2H3,(H,19,20). The van der Waals surface area contributed by atoms with E-state index in [1.54, 1.807) is 0 Å². The van der Waals surface area contributed by atoms with Crippen LogP contribution in [0.4, 0.5) is 11.4 Å². The zero-order chi connectivity index (χ0) is 15.0. The lowest BCUT2D eigenvalue weighted by Crippen LogP contribution is -2.12. The molecule has 0 spiro atoms. The van der Waals surface area contributed by atoms with Gasteiger partial charge >= 0.3 is 0 Å². The monoisotopic (exact) mass is 296 g/mol. The first-order valence-corrected chi connectivity index (χ1v) is 7.53. The highest BCUT2D eigenvalue weighted by molar-refractivity contribution is 7.20. The van der Waals surface area contributed by atoms with E-state index in [2.05, 4.69) is 5.32 Å². The second-order valence-electron chi connectivity index (χ2n) is 5.13. The summed E-state index contributed by atoms with van der Waals surface area (Å²) in [7, 11) is 0. The van der Waals surface area contributed by atoms with E-state index in [0.29, 0.717) is 10.6 Å². The Labute approximate surface area is 127 Å². The van der Waals surface area contributed by atoms with Crippen LogP contribution in [0.2, 0.25) is 0 Å². The molecule has 0 aliphatic carbocycles. The van der Waals surface area contributed by atoms with E-state index in [0.717, 1.165) is 26.9 Å². The number of para-hydroxylation sites is 1. The molecule has 0 unspecified atom stereocenters. The predicted octanol–water partition coefficient (Wildman–Crippen LogP) is 4.35. The minimum atomic E-state index is -0.0767. The van der Waals surface area contributed by atoms with Gasteiger partial charge in [-0.1, -0.05) is 18.2 Å². The van der Waals surface area contributed by atoms with Gasteiger partial charge in [0.05, 0.1) is 4.88 Å². The van der Waals surface area contributed by atoms with Crippen LogP contribution >= 0.6 is 11.3 Å². The van der Waals surface area contributed by atoms with Gasteiger partial charge in [0.25, 0.3) is 5.91 Å². The Morgan fingerprint density at radius 3 is 2.52 bits per heavy atom. The van der Waals surface area contributed by atoms with Crippen LogP contribution in [-0.4, -0.2) is 5.91 Å². The van der Waals surface area contributed by atoms with Gasteiger partial charge < -0.3 is 11.1 Å². The van der Waals surface area contributed by atoms with Gasteiger partial charge in [0.2, 0.25) is 0 Å². The molecule has 106 valence electrons. The molecule has 0 saturated carbocycles. The van der Waals surface area contributed by atoms with Gasteiger partial charge in [0.15, 0.2) is 0 Å². The van der Waals surface area contributed by atoms with E-state index in [-0.39, 0.29) is 5.91 Å². The number of hydrogen-bond donors (Lipinski definition) is 2. The molecule has 1 heterocycles. The van der Waals surface area contributed by atoms with Crippen LogP contribution < -0.4 is 11.1 Å². The van der Waals surface area contributed by atoms with Crippen molar-refractivity contribution >= 4 is 38.7 Å². The van der Waals surface area contributed by atoms with Crippen molar-refractivity contribution in [2.45, 2.75) is 13.8 Å². The number of carbonyl (C=O) groups is 1. The first-order chi connectivity index (χ1) is 10.0. The summed E-state index contributed by atoms with van der Waals surface area (Å²) in [5, 5.41) is 4.02. The molecule has 0 atom stereocenters. The zero-order valence-electron chi connectivity index (χ0n) is 11.9. The third-order valence-electron chi connectivity index (χ3n) is 3.48. The Kier molecular flexibility index (Phi) is 3.39. The predicted molar refractivity (Wildman–Crippen MR) is 90.1 cm³/mol. The molecular formula is C17H16N2OS. The van der Waals surface area contributed by atoms with Gasteiger partial charge in [-0.15, -0.1) is 11.3 Å². The van der Waals surface area contributed by atoms with Gasteiger partial charge in [-0.25, -0.2) is 0 Å². The van der Waals surface area contributed by atoms with Crippen LogP contribution in [0.15, 0.2) is 42.5 Å². The SMILES string of the molecule is Cc1cccc(C)c1NC(=O)c1cc2cc(N)ccc2s1. The molecule has 3 N–H and O–H groups in total. The molecule has 0 radical (unpaired) electrons. The fourth-order valence-electron chi connectivity index (χ4n) is 2.36. The highest BCUT2D eigenvalue weighted by Crippen LogP contribution is 2.28. The topological polar surface area (TPSA) is 55.1 Å². The smallest absolute Gasteiger partial charge is 0.265 e. The number of carbonyl (C=O) groups excluding carboxylic acids is 1. The average Bonchev–Trinajstić information content (AvgIpc) is 2.86. The Bertz CT molecular complexity index is 816. The molecule has 0 fully saturated rings. The Morgan fingerprint density at radius 1 is 1.10 bits per heavy atom. The van der Waals surface area contributed by atoms with Gasteiger partial charge in [-0.2, -0.15) is 0 Å².